The topological polar surface area (TPSA) is 37.8 Å². The first kappa shape index (κ1) is 8.65. The lowest BCUT2D eigenvalue weighted by molar-refractivity contribution is 0.443. The van der Waals surface area contributed by atoms with E-state index in [0.29, 0.717) is 6.04 Å². The van der Waals surface area contributed by atoms with Gasteiger partial charge in [0.1, 0.15) is 0 Å². The van der Waals surface area contributed by atoms with Gasteiger partial charge in [0.2, 0.25) is 5.95 Å². The molecule has 0 aliphatic heterocycles. The normalized spacial score (nSPS) is 16.3. The molecule has 76 valence electrons. The molecule has 1 aromatic carbocycles. The Morgan fingerprint density at radius 1 is 1.20 bits per heavy atom. The van der Waals surface area contributed by atoms with E-state index in [1.165, 1.54) is 19.3 Å². The van der Waals surface area contributed by atoms with Crippen LogP contribution in [-0.2, 0) is 0 Å². The van der Waals surface area contributed by atoms with Gasteiger partial charge in [0.05, 0.1) is 5.52 Å². The number of anilines is 1. The molecular weight excluding hydrogens is 186 g/mol. The average Bonchev–Trinajstić information content (AvgIpc) is 2.23. The number of fused-ring (bicyclic) bond motifs is 1. The molecule has 0 spiro atoms. The van der Waals surface area contributed by atoms with E-state index in [9.17, 15) is 0 Å². The molecule has 0 saturated heterocycles. The van der Waals surface area contributed by atoms with Gasteiger partial charge in [-0.25, -0.2) is 9.97 Å². The van der Waals surface area contributed by atoms with Crippen molar-refractivity contribution in [2.45, 2.75) is 25.3 Å². The van der Waals surface area contributed by atoms with Crippen molar-refractivity contribution in [1.29, 1.82) is 0 Å². The van der Waals surface area contributed by atoms with E-state index in [0.717, 1.165) is 16.9 Å². The van der Waals surface area contributed by atoms with Crippen LogP contribution < -0.4 is 5.32 Å². The third-order valence-corrected chi connectivity index (χ3v) is 2.93. The zero-order valence-corrected chi connectivity index (χ0v) is 8.48. The predicted octanol–water partition coefficient (Wildman–Crippen LogP) is 2.59. The molecule has 1 aromatic heterocycles. The molecule has 0 amide bonds. The first-order valence-corrected chi connectivity index (χ1v) is 5.40. The summed E-state index contributed by atoms with van der Waals surface area (Å²) in [6, 6.07) is 8.64. The van der Waals surface area contributed by atoms with Crippen LogP contribution in [0.25, 0.3) is 10.9 Å². The van der Waals surface area contributed by atoms with E-state index in [-0.39, 0.29) is 0 Å². The standard InChI is InChI=1S/C12H13N3/c1-2-7-11-9(4-1)8-13-12(15-11)14-10-5-3-6-10/h1-2,4,7-8,10H,3,5-6H2,(H,13,14,15). The molecule has 2 aromatic rings. The summed E-state index contributed by atoms with van der Waals surface area (Å²) in [4.78, 5) is 8.78. The Labute approximate surface area is 88.6 Å². The monoisotopic (exact) mass is 199 g/mol. The highest BCUT2D eigenvalue weighted by molar-refractivity contribution is 5.78. The van der Waals surface area contributed by atoms with Gasteiger partial charge in [-0.2, -0.15) is 0 Å². The minimum Gasteiger partial charge on any atom is -0.351 e. The summed E-state index contributed by atoms with van der Waals surface area (Å²) in [5.41, 5.74) is 1.01. The van der Waals surface area contributed by atoms with Gasteiger partial charge in [-0.05, 0) is 25.3 Å². The number of hydrogen-bond donors (Lipinski definition) is 1. The Bertz CT molecular complexity index is 477. The zero-order chi connectivity index (χ0) is 10.1. The number of aromatic nitrogens is 2. The minimum atomic E-state index is 0.589. The van der Waals surface area contributed by atoms with Crippen LogP contribution in [0.3, 0.4) is 0 Å². The Kier molecular flexibility index (Phi) is 2.02. The maximum Gasteiger partial charge on any atom is 0.223 e. The molecular formula is C12H13N3. The van der Waals surface area contributed by atoms with E-state index in [1.54, 1.807) is 0 Å². The van der Waals surface area contributed by atoms with Gasteiger partial charge in [0, 0.05) is 17.6 Å². The van der Waals surface area contributed by atoms with Gasteiger partial charge in [0.15, 0.2) is 0 Å². The molecule has 15 heavy (non-hydrogen) atoms. The van der Waals surface area contributed by atoms with Crippen molar-refractivity contribution in [3.63, 3.8) is 0 Å². The summed E-state index contributed by atoms with van der Waals surface area (Å²) in [5, 5.41) is 4.44. The summed E-state index contributed by atoms with van der Waals surface area (Å²) >= 11 is 0. The van der Waals surface area contributed by atoms with E-state index in [1.807, 2.05) is 30.5 Å². The van der Waals surface area contributed by atoms with E-state index in [4.69, 9.17) is 0 Å². The first-order chi connectivity index (χ1) is 7.42. The molecule has 0 bridgehead atoms. The summed E-state index contributed by atoms with van der Waals surface area (Å²) in [7, 11) is 0. The molecule has 1 aliphatic rings. The minimum absolute atomic E-state index is 0.589. The molecule has 1 heterocycles. The van der Waals surface area contributed by atoms with Crippen LogP contribution in [0, 0.1) is 0 Å². The van der Waals surface area contributed by atoms with Gasteiger partial charge >= 0.3 is 0 Å². The van der Waals surface area contributed by atoms with Gasteiger partial charge in [-0.1, -0.05) is 18.2 Å². The molecule has 1 saturated carbocycles. The summed E-state index contributed by atoms with van der Waals surface area (Å²) < 4.78 is 0. The van der Waals surface area contributed by atoms with Crippen LogP contribution in [0.4, 0.5) is 5.95 Å². The second-order valence-corrected chi connectivity index (χ2v) is 4.02. The number of nitrogens with zero attached hydrogens (tertiary/aromatic N) is 2. The molecule has 1 N–H and O–H groups in total. The second-order valence-electron chi connectivity index (χ2n) is 4.02. The van der Waals surface area contributed by atoms with Crippen molar-refractivity contribution in [3.8, 4) is 0 Å². The van der Waals surface area contributed by atoms with E-state index >= 15 is 0 Å². The highest BCUT2D eigenvalue weighted by Gasteiger charge is 2.17. The second kappa shape index (κ2) is 3.50. The number of rotatable bonds is 2. The molecule has 3 rings (SSSR count). The largest absolute Gasteiger partial charge is 0.351 e. The fourth-order valence-electron chi connectivity index (χ4n) is 1.78. The highest BCUT2D eigenvalue weighted by atomic mass is 15.1. The van der Waals surface area contributed by atoms with Gasteiger partial charge in [0.25, 0.3) is 0 Å². The summed E-state index contributed by atoms with van der Waals surface area (Å²) in [6.07, 6.45) is 5.70. The van der Waals surface area contributed by atoms with E-state index < -0.39 is 0 Å². The number of benzene rings is 1. The van der Waals surface area contributed by atoms with Crippen molar-refractivity contribution in [2.24, 2.45) is 0 Å². The quantitative estimate of drug-likeness (QED) is 0.807. The predicted molar refractivity (Wildman–Crippen MR) is 60.8 cm³/mol. The Balaban J connectivity index is 1.91. The van der Waals surface area contributed by atoms with Crippen LogP contribution >= 0.6 is 0 Å². The molecule has 3 heteroatoms. The van der Waals surface area contributed by atoms with Crippen LogP contribution in [0.2, 0.25) is 0 Å². The molecule has 0 atom stereocenters. The average molecular weight is 199 g/mol. The van der Waals surface area contributed by atoms with Crippen molar-refractivity contribution < 1.29 is 0 Å². The fraction of sp³-hybridized carbons (Fsp3) is 0.333. The molecule has 1 aliphatic carbocycles. The van der Waals surface area contributed by atoms with Crippen LogP contribution in [0.1, 0.15) is 19.3 Å². The summed E-state index contributed by atoms with van der Waals surface area (Å²) in [6.45, 7) is 0. The number of hydrogen-bond acceptors (Lipinski definition) is 3. The lowest BCUT2D eigenvalue weighted by Crippen LogP contribution is -2.27. The van der Waals surface area contributed by atoms with Crippen molar-refractivity contribution >= 4 is 16.9 Å². The zero-order valence-electron chi connectivity index (χ0n) is 8.48. The highest BCUT2D eigenvalue weighted by Crippen LogP contribution is 2.22. The van der Waals surface area contributed by atoms with Crippen LogP contribution in [-0.4, -0.2) is 16.0 Å². The van der Waals surface area contributed by atoms with Crippen molar-refractivity contribution in [1.82, 2.24) is 9.97 Å². The lowest BCUT2D eigenvalue weighted by atomic mass is 9.93. The Morgan fingerprint density at radius 3 is 2.87 bits per heavy atom. The molecule has 0 unspecified atom stereocenters. The lowest BCUT2D eigenvalue weighted by Gasteiger charge is -2.26. The Hall–Kier alpha value is -1.64. The SMILES string of the molecule is c1ccc2nc(NC3CCC3)ncc2c1. The third-order valence-electron chi connectivity index (χ3n) is 2.93. The maximum atomic E-state index is 4.47. The van der Waals surface area contributed by atoms with Gasteiger partial charge in [-0.15, -0.1) is 0 Å². The number of para-hydroxylation sites is 1. The first-order valence-electron chi connectivity index (χ1n) is 5.40. The third kappa shape index (κ3) is 1.65. The molecule has 1 fully saturated rings. The maximum absolute atomic E-state index is 4.47. The molecule has 3 nitrogen and oxygen atoms in total. The van der Waals surface area contributed by atoms with E-state index in [2.05, 4.69) is 15.3 Å². The van der Waals surface area contributed by atoms with Gasteiger partial charge in [-0.3, -0.25) is 0 Å². The van der Waals surface area contributed by atoms with Crippen LogP contribution in [0.15, 0.2) is 30.5 Å². The Morgan fingerprint density at radius 2 is 2.07 bits per heavy atom. The fourth-order valence-corrected chi connectivity index (χ4v) is 1.78. The summed E-state index contributed by atoms with van der Waals surface area (Å²) in [5.74, 6) is 0.762. The van der Waals surface area contributed by atoms with Crippen LogP contribution in [0.5, 0.6) is 0 Å². The van der Waals surface area contributed by atoms with Crippen molar-refractivity contribution in [3.05, 3.63) is 30.5 Å². The van der Waals surface area contributed by atoms with Crippen molar-refractivity contribution in [2.75, 3.05) is 5.32 Å². The number of nitrogens with one attached hydrogen (secondary N) is 1. The van der Waals surface area contributed by atoms with Gasteiger partial charge < -0.3 is 5.32 Å². The molecule has 0 radical (unpaired) electrons. The smallest absolute Gasteiger partial charge is 0.223 e.